The number of fused-ring (bicyclic) bond motifs is 1. The Kier molecular flexibility index (Phi) is 13.0. The number of aromatic amines is 1. The molecule has 2 atom stereocenters. The predicted octanol–water partition coefficient (Wildman–Crippen LogP) is 2.06. The minimum Gasteiger partial charge on any atom is -0.480 e. The molecule has 47 heavy (non-hydrogen) atoms. The van der Waals surface area contributed by atoms with Gasteiger partial charge in [-0.3, -0.25) is 19.2 Å². The first kappa shape index (κ1) is 37.3. The number of aliphatic carboxylic acids is 3. The summed E-state index contributed by atoms with van der Waals surface area (Å²) in [5.41, 5.74) is 2.06. The molecule has 250 valence electrons. The van der Waals surface area contributed by atoms with E-state index in [1.54, 1.807) is 31.2 Å². The molecule has 2 amide bonds. The molecule has 17 heteroatoms. The van der Waals surface area contributed by atoms with E-state index < -0.39 is 48.0 Å². The Hall–Kier alpha value is -5.92. The van der Waals surface area contributed by atoms with Crippen molar-refractivity contribution in [2.45, 2.75) is 51.5 Å². The lowest BCUT2D eigenvalue weighted by Gasteiger charge is -2.23. The third-order valence-corrected chi connectivity index (χ3v) is 6.29. The number of amides is 2. The predicted molar refractivity (Wildman–Crippen MR) is 160 cm³/mol. The molecule has 0 fully saturated rings. The van der Waals surface area contributed by atoms with E-state index in [0.717, 1.165) is 5.56 Å². The summed E-state index contributed by atoms with van der Waals surface area (Å²) in [7, 11) is 0. The van der Waals surface area contributed by atoms with E-state index in [1.807, 2.05) is 11.0 Å². The number of carbonyl (C=O) groups is 5. The number of carbonyl (C=O) groups excluding carboxylic acids is 2. The maximum absolute atomic E-state index is 12.7. The van der Waals surface area contributed by atoms with Crippen LogP contribution in [0.25, 0.3) is 10.9 Å². The van der Waals surface area contributed by atoms with Crippen molar-refractivity contribution in [2.75, 3.05) is 11.4 Å². The van der Waals surface area contributed by atoms with Gasteiger partial charge in [0.15, 0.2) is 0 Å². The van der Waals surface area contributed by atoms with E-state index in [1.165, 1.54) is 19.1 Å². The number of aromatic nitrogens is 2. The smallest absolute Gasteiger partial charge is 0.480 e. The van der Waals surface area contributed by atoms with Crippen LogP contribution in [0.4, 0.5) is 18.9 Å². The molecular weight excluding hydrogens is 631 g/mol. The van der Waals surface area contributed by atoms with Crippen LogP contribution in [0, 0.1) is 19.3 Å². The minimum absolute atomic E-state index is 0.193. The number of hydrogen-bond acceptors (Lipinski definition) is 8. The quantitative estimate of drug-likeness (QED) is 0.154. The SMILES string of the molecule is C#CCN(Cc1ccc2nc(C)[nH]c(=O)c2c1)c1ccc(C(=O)N[C@@H](CCC(=O)N[C@H](C)C(=O)O)C(=O)O)cc1.O=C(O)C(F)(F)F. The van der Waals surface area contributed by atoms with Gasteiger partial charge in [0.1, 0.15) is 17.9 Å². The molecule has 1 heterocycles. The van der Waals surface area contributed by atoms with Gasteiger partial charge in [0, 0.05) is 24.2 Å². The van der Waals surface area contributed by atoms with E-state index in [-0.39, 0.29) is 30.5 Å². The number of H-pyrrole nitrogens is 1. The lowest BCUT2D eigenvalue weighted by Crippen LogP contribution is -2.43. The molecule has 1 aromatic heterocycles. The van der Waals surface area contributed by atoms with Crippen molar-refractivity contribution in [1.29, 1.82) is 0 Å². The normalized spacial score (nSPS) is 12.0. The van der Waals surface area contributed by atoms with Gasteiger partial charge in [-0.25, -0.2) is 14.6 Å². The fraction of sp³-hybridized carbons (Fsp3) is 0.300. The Morgan fingerprint density at radius 3 is 2.17 bits per heavy atom. The van der Waals surface area contributed by atoms with Crippen molar-refractivity contribution >= 4 is 46.3 Å². The molecule has 0 saturated heterocycles. The number of aryl methyl sites for hydroxylation is 1. The summed E-state index contributed by atoms with van der Waals surface area (Å²) < 4.78 is 31.7. The van der Waals surface area contributed by atoms with Crippen LogP contribution in [-0.4, -0.2) is 79.8 Å². The summed E-state index contributed by atoms with van der Waals surface area (Å²) in [6, 6.07) is 9.27. The molecule has 0 unspecified atom stereocenters. The Bertz CT molecular complexity index is 1730. The molecule has 0 aliphatic rings. The van der Waals surface area contributed by atoms with Crippen LogP contribution in [0.5, 0.6) is 0 Å². The first-order valence-electron chi connectivity index (χ1n) is 13.6. The molecule has 3 aromatic rings. The van der Waals surface area contributed by atoms with Gasteiger partial charge in [-0.2, -0.15) is 13.2 Å². The number of alkyl halides is 3. The number of anilines is 1. The van der Waals surface area contributed by atoms with Crippen molar-refractivity contribution in [1.82, 2.24) is 20.6 Å². The maximum Gasteiger partial charge on any atom is 0.490 e. The molecule has 14 nitrogen and oxygen atoms in total. The van der Waals surface area contributed by atoms with Crippen molar-refractivity contribution in [2.24, 2.45) is 0 Å². The molecule has 0 spiro atoms. The molecule has 2 aromatic carbocycles. The molecule has 0 bridgehead atoms. The number of nitrogens with zero attached hydrogens (tertiary/aromatic N) is 2. The summed E-state index contributed by atoms with van der Waals surface area (Å²) >= 11 is 0. The van der Waals surface area contributed by atoms with Crippen molar-refractivity contribution in [3.63, 3.8) is 0 Å². The summed E-state index contributed by atoms with van der Waals surface area (Å²) in [5, 5.41) is 30.5. The summed E-state index contributed by atoms with van der Waals surface area (Å²) in [4.78, 5) is 77.2. The van der Waals surface area contributed by atoms with Crippen molar-refractivity contribution in [3.05, 3.63) is 69.8 Å². The molecule has 3 rings (SSSR count). The van der Waals surface area contributed by atoms with Crippen LogP contribution >= 0.6 is 0 Å². The highest BCUT2D eigenvalue weighted by Crippen LogP contribution is 2.20. The zero-order valence-electron chi connectivity index (χ0n) is 24.9. The Balaban J connectivity index is 0.000000984. The molecule has 6 N–H and O–H groups in total. The number of terminal acetylenes is 1. The minimum atomic E-state index is -5.08. The van der Waals surface area contributed by atoms with E-state index in [9.17, 15) is 42.3 Å². The van der Waals surface area contributed by atoms with Crippen molar-refractivity contribution in [3.8, 4) is 12.3 Å². The highest BCUT2D eigenvalue weighted by atomic mass is 19.4. The van der Waals surface area contributed by atoms with Crippen LogP contribution in [0.3, 0.4) is 0 Å². The number of hydrogen-bond donors (Lipinski definition) is 6. The standard InChI is InChI=1S/C28H29N5O7.C2HF3O2/c1-4-13-33(15-18-5-10-22-21(14-18)26(36)31-17(3)30-22)20-8-6-19(7-9-20)25(35)32-23(28(39)40)11-12-24(34)29-16(2)27(37)38;3-2(4,5)1(6)7/h1,5-10,14,16,23H,11-13,15H2,2-3H3,(H,29,34)(H,32,35)(H,37,38)(H,39,40)(H,30,31,36);(H,6,7)/t16-,23+;/m1./s1. The number of carboxylic acids is 3. The monoisotopic (exact) mass is 661 g/mol. The highest BCUT2D eigenvalue weighted by Gasteiger charge is 2.38. The van der Waals surface area contributed by atoms with E-state index in [2.05, 4.69) is 26.5 Å². The van der Waals surface area contributed by atoms with E-state index >= 15 is 0 Å². The average Bonchev–Trinajstić information content (AvgIpc) is 2.98. The second-order valence-electron chi connectivity index (χ2n) is 9.94. The van der Waals surface area contributed by atoms with Crippen LogP contribution in [0.1, 0.15) is 41.5 Å². The fourth-order valence-corrected chi connectivity index (χ4v) is 3.94. The largest absolute Gasteiger partial charge is 0.490 e. The second-order valence-corrected chi connectivity index (χ2v) is 9.94. The van der Waals surface area contributed by atoms with E-state index in [4.69, 9.17) is 21.4 Å². The summed E-state index contributed by atoms with van der Waals surface area (Å²) in [5.74, 6) is -3.49. The third-order valence-electron chi connectivity index (χ3n) is 6.29. The number of benzene rings is 2. The van der Waals surface area contributed by atoms with Gasteiger partial charge in [-0.1, -0.05) is 12.0 Å². The maximum atomic E-state index is 12.7. The lowest BCUT2D eigenvalue weighted by molar-refractivity contribution is -0.192. The van der Waals surface area contributed by atoms with Crippen LogP contribution < -0.4 is 21.1 Å². The number of rotatable bonds is 12. The lowest BCUT2D eigenvalue weighted by atomic mass is 10.1. The first-order chi connectivity index (χ1) is 21.9. The van der Waals surface area contributed by atoms with Crippen LogP contribution in [-0.2, 0) is 25.7 Å². The summed E-state index contributed by atoms with van der Waals surface area (Å²) in [6.45, 7) is 3.61. The Morgan fingerprint density at radius 2 is 1.64 bits per heavy atom. The number of carboxylic acid groups (broad SMARTS) is 3. The molecule has 0 radical (unpaired) electrons. The van der Waals surface area contributed by atoms with Crippen LogP contribution in [0.15, 0.2) is 47.3 Å². The zero-order valence-corrected chi connectivity index (χ0v) is 24.9. The van der Waals surface area contributed by atoms with Gasteiger partial charge in [-0.05, 0) is 62.2 Å². The number of halogens is 3. The number of nitrogens with one attached hydrogen (secondary N) is 3. The molecular formula is C30H30F3N5O9. The molecule has 0 aliphatic heterocycles. The molecule has 0 aliphatic carbocycles. The Labute approximate surface area is 264 Å². The second kappa shape index (κ2) is 16.4. The van der Waals surface area contributed by atoms with E-state index in [0.29, 0.717) is 29.0 Å². The first-order valence-corrected chi connectivity index (χ1v) is 13.6. The zero-order chi connectivity index (χ0) is 35.5. The van der Waals surface area contributed by atoms with Gasteiger partial charge >= 0.3 is 24.1 Å². The van der Waals surface area contributed by atoms with Crippen LogP contribution in [0.2, 0.25) is 0 Å². The Morgan fingerprint density at radius 1 is 1.02 bits per heavy atom. The topological polar surface area (TPSA) is 219 Å². The van der Waals surface area contributed by atoms with Gasteiger partial charge in [-0.15, -0.1) is 6.42 Å². The van der Waals surface area contributed by atoms with Gasteiger partial charge in [0.2, 0.25) is 5.91 Å². The van der Waals surface area contributed by atoms with Gasteiger partial charge in [0.05, 0.1) is 17.4 Å². The summed E-state index contributed by atoms with van der Waals surface area (Å²) in [6.07, 6.45) is -0.0250. The third kappa shape index (κ3) is 11.5. The highest BCUT2D eigenvalue weighted by molar-refractivity contribution is 5.97. The fourth-order valence-electron chi connectivity index (χ4n) is 3.94. The van der Waals surface area contributed by atoms with Gasteiger partial charge < -0.3 is 35.8 Å². The average molecular weight is 662 g/mol. The molecule has 0 saturated carbocycles. The van der Waals surface area contributed by atoms with Gasteiger partial charge in [0.25, 0.3) is 11.5 Å². The van der Waals surface area contributed by atoms with Crippen molar-refractivity contribution < 1.29 is 52.5 Å².